The Hall–Kier alpha value is -1.35. The molecule has 1 unspecified atom stereocenters. The van der Waals surface area contributed by atoms with Crippen molar-refractivity contribution in [2.24, 2.45) is 0 Å². The maximum Gasteiger partial charge on any atom is 0.325 e. The fourth-order valence-corrected chi connectivity index (χ4v) is 2.04. The Morgan fingerprint density at radius 2 is 2.29 bits per heavy atom. The molecule has 1 aromatic carbocycles. The lowest BCUT2D eigenvalue weighted by molar-refractivity contribution is -0.143. The van der Waals surface area contributed by atoms with Crippen LogP contribution in [0.15, 0.2) is 24.3 Å². The number of carboxylic acids is 1. The van der Waals surface area contributed by atoms with Crippen molar-refractivity contribution in [2.45, 2.75) is 19.5 Å². The molecule has 0 aliphatic carbocycles. The van der Waals surface area contributed by atoms with Crippen molar-refractivity contribution in [1.29, 1.82) is 0 Å². The van der Waals surface area contributed by atoms with E-state index in [4.69, 9.17) is 5.11 Å². The maximum atomic E-state index is 11.1. The van der Waals surface area contributed by atoms with E-state index in [9.17, 15) is 4.79 Å². The molecule has 1 atom stereocenters. The summed E-state index contributed by atoms with van der Waals surface area (Å²) < 4.78 is 0. The molecule has 1 aromatic rings. The second kappa shape index (κ2) is 3.42. The van der Waals surface area contributed by atoms with Gasteiger partial charge < -0.3 is 5.11 Å². The number of carboxylic acid groups (broad SMARTS) is 1. The Kier molecular flexibility index (Phi) is 2.25. The average Bonchev–Trinajstić information content (AvgIpc) is 2.55. The quantitative estimate of drug-likeness (QED) is 0.772. The Balaban J connectivity index is 2.42. The van der Waals surface area contributed by atoms with E-state index in [1.54, 1.807) is 0 Å². The van der Waals surface area contributed by atoms with Gasteiger partial charge in [-0.05, 0) is 17.7 Å². The molecule has 1 aliphatic heterocycles. The van der Waals surface area contributed by atoms with Crippen LogP contribution in [-0.4, -0.2) is 22.5 Å². The molecule has 0 bridgehead atoms. The highest BCUT2D eigenvalue weighted by molar-refractivity contribution is 5.77. The number of likely N-dealkylation sites (N-methyl/N-ethyl adjacent to an activating group) is 1. The Labute approximate surface area is 83.0 Å². The molecule has 0 radical (unpaired) electrons. The number of rotatable bonds is 2. The van der Waals surface area contributed by atoms with Gasteiger partial charge in [0.2, 0.25) is 0 Å². The van der Waals surface area contributed by atoms with E-state index in [1.807, 2.05) is 36.1 Å². The van der Waals surface area contributed by atoms with E-state index in [-0.39, 0.29) is 0 Å². The standard InChI is InChI=1S/C11H13NO2/c1-2-12-7-8-5-3-4-6-9(8)10(12)11(13)14/h3-6,10H,2,7H2,1H3,(H,13,14). The molecule has 74 valence electrons. The first kappa shape index (κ1) is 9.21. The first-order valence-electron chi connectivity index (χ1n) is 4.78. The third-order valence-corrected chi connectivity index (χ3v) is 2.73. The summed E-state index contributed by atoms with van der Waals surface area (Å²) >= 11 is 0. The molecule has 0 fully saturated rings. The lowest BCUT2D eigenvalue weighted by Gasteiger charge is -2.18. The monoisotopic (exact) mass is 191 g/mol. The van der Waals surface area contributed by atoms with Crippen molar-refractivity contribution in [3.05, 3.63) is 35.4 Å². The lowest BCUT2D eigenvalue weighted by atomic mass is 10.1. The van der Waals surface area contributed by atoms with Crippen LogP contribution in [-0.2, 0) is 11.3 Å². The van der Waals surface area contributed by atoms with Gasteiger partial charge in [-0.25, -0.2) is 0 Å². The summed E-state index contributed by atoms with van der Waals surface area (Å²) in [6, 6.07) is 7.31. The molecule has 0 spiro atoms. The van der Waals surface area contributed by atoms with Gasteiger partial charge in [-0.1, -0.05) is 31.2 Å². The Morgan fingerprint density at radius 1 is 1.57 bits per heavy atom. The number of benzene rings is 1. The molecule has 14 heavy (non-hydrogen) atoms. The fourth-order valence-electron chi connectivity index (χ4n) is 2.04. The SMILES string of the molecule is CCN1Cc2ccccc2C1C(=O)O. The van der Waals surface area contributed by atoms with Gasteiger partial charge in [0.1, 0.15) is 6.04 Å². The number of carbonyl (C=O) groups is 1. The average molecular weight is 191 g/mol. The van der Waals surface area contributed by atoms with E-state index >= 15 is 0 Å². The summed E-state index contributed by atoms with van der Waals surface area (Å²) in [6.07, 6.45) is 0. The molecule has 0 saturated carbocycles. The van der Waals surface area contributed by atoms with Crippen LogP contribution in [0.3, 0.4) is 0 Å². The van der Waals surface area contributed by atoms with E-state index in [0.717, 1.165) is 24.2 Å². The first-order valence-corrected chi connectivity index (χ1v) is 4.78. The molecule has 1 heterocycles. The Morgan fingerprint density at radius 3 is 2.93 bits per heavy atom. The van der Waals surface area contributed by atoms with Crippen LogP contribution >= 0.6 is 0 Å². The number of aliphatic carboxylic acids is 1. The third-order valence-electron chi connectivity index (χ3n) is 2.73. The second-order valence-corrected chi connectivity index (χ2v) is 3.50. The van der Waals surface area contributed by atoms with Crippen LogP contribution in [0.5, 0.6) is 0 Å². The largest absolute Gasteiger partial charge is 0.480 e. The highest BCUT2D eigenvalue weighted by Gasteiger charge is 2.33. The van der Waals surface area contributed by atoms with Gasteiger partial charge in [-0.15, -0.1) is 0 Å². The smallest absolute Gasteiger partial charge is 0.325 e. The molecule has 1 aliphatic rings. The highest BCUT2D eigenvalue weighted by atomic mass is 16.4. The van der Waals surface area contributed by atoms with Gasteiger partial charge in [-0.3, -0.25) is 9.69 Å². The van der Waals surface area contributed by atoms with Gasteiger partial charge in [0, 0.05) is 6.54 Å². The zero-order chi connectivity index (χ0) is 10.1. The van der Waals surface area contributed by atoms with Gasteiger partial charge in [0.25, 0.3) is 0 Å². The Bertz CT molecular complexity index is 362. The summed E-state index contributed by atoms with van der Waals surface area (Å²) in [4.78, 5) is 13.1. The minimum Gasteiger partial charge on any atom is -0.480 e. The van der Waals surface area contributed by atoms with E-state index < -0.39 is 12.0 Å². The molecule has 0 aromatic heterocycles. The van der Waals surface area contributed by atoms with Crippen LogP contribution < -0.4 is 0 Å². The van der Waals surface area contributed by atoms with Crippen molar-refractivity contribution in [3.63, 3.8) is 0 Å². The van der Waals surface area contributed by atoms with Crippen molar-refractivity contribution >= 4 is 5.97 Å². The van der Waals surface area contributed by atoms with Gasteiger partial charge in [-0.2, -0.15) is 0 Å². The number of fused-ring (bicyclic) bond motifs is 1. The van der Waals surface area contributed by atoms with Crippen LogP contribution in [0, 0.1) is 0 Å². The van der Waals surface area contributed by atoms with Crippen molar-refractivity contribution in [2.75, 3.05) is 6.54 Å². The van der Waals surface area contributed by atoms with Crippen molar-refractivity contribution in [3.8, 4) is 0 Å². The fraction of sp³-hybridized carbons (Fsp3) is 0.364. The number of nitrogens with zero attached hydrogens (tertiary/aromatic N) is 1. The van der Waals surface area contributed by atoms with Crippen LogP contribution in [0.25, 0.3) is 0 Å². The number of hydrogen-bond donors (Lipinski definition) is 1. The summed E-state index contributed by atoms with van der Waals surface area (Å²) in [5.74, 6) is -0.753. The summed E-state index contributed by atoms with van der Waals surface area (Å²) in [7, 11) is 0. The molecule has 3 heteroatoms. The first-order chi connectivity index (χ1) is 6.74. The minimum atomic E-state index is -0.753. The van der Waals surface area contributed by atoms with E-state index in [1.165, 1.54) is 0 Å². The topological polar surface area (TPSA) is 40.5 Å². The molecular weight excluding hydrogens is 178 g/mol. The van der Waals surface area contributed by atoms with Crippen LogP contribution in [0.2, 0.25) is 0 Å². The van der Waals surface area contributed by atoms with E-state index in [2.05, 4.69) is 0 Å². The molecule has 1 N–H and O–H groups in total. The molecule has 2 rings (SSSR count). The minimum absolute atomic E-state index is 0.448. The number of hydrogen-bond acceptors (Lipinski definition) is 2. The summed E-state index contributed by atoms with van der Waals surface area (Å²) in [5.41, 5.74) is 2.09. The van der Waals surface area contributed by atoms with Gasteiger partial charge >= 0.3 is 5.97 Å². The predicted molar refractivity (Wildman–Crippen MR) is 52.9 cm³/mol. The molecule has 0 amide bonds. The van der Waals surface area contributed by atoms with Gasteiger partial charge in [0.05, 0.1) is 0 Å². The predicted octanol–water partition coefficient (Wildman–Crippen LogP) is 1.65. The summed E-state index contributed by atoms with van der Waals surface area (Å²) in [6.45, 7) is 3.51. The normalized spacial score (nSPS) is 20.8. The van der Waals surface area contributed by atoms with Crippen molar-refractivity contribution < 1.29 is 9.90 Å². The summed E-state index contributed by atoms with van der Waals surface area (Å²) in [5, 5.41) is 9.12. The molecule has 3 nitrogen and oxygen atoms in total. The zero-order valence-corrected chi connectivity index (χ0v) is 8.10. The maximum absolute atomic E-state index is 11.1. The van der Waals surface area contributed by atoms with Crippen molar-refractivity contribution in [1.82, 2.24) is 4.90 Å². The van der Waals surface area contributed by atoms with E-state index in [0.29, 0.717) is 0 Å². The van der Waals surface area contributed by atoms with Gasteiger partial charge in [0.15, 0.2) is 0 Å². The lowest BCUT2D eigenvalue weighted by Crippen LogP contribution is -2.27. The van der Waals surface area contributed by atoms with Crippen LogP contribution in [0.4, 0.5) is 0 Å². The highest BCUT2D eigenvalue weighted by Crippen LogP contribution is 2.32. The zero-order valence-electron chi connectivity index (χ0n) is 8.10. The molecule has 0 saturated heterocycles. The third kappa shape index (κ3) is 1.30. The van der Waals surface area contributed by atoms with Crippen LogP contribution in [0.1, 0.15) is 24.1 Å². The second-order valence-electron chi connectivity index (χ2n) is 3.50. The molecular formula is C11H13NO2.